The molecule has 2 heterocycles. The molecule has 2 bridgehead atoms. The van der Waals surface area contributed by atoms with Crippen LogP contribution in [0.3, 0.4) is 0 Å². The first-order valence-electron chi connectivity index (χ1n) is 15.0. The molecule has 3 saturated carbocycles. The molecule has 5 fully saturated rings. The number of fused-ring (bicyclic) bond motifs is 3. The van der Waals surface area contributed by atoms with Gasteiger partial charge in [-0.2, -0.15) is 0 Å². The van der Waals surface area contributed by atoms with Gasteiger partial charge in [-0.1, -0.05) is 32.4 Å². The van der Waals surface area contributed by atoms with Crippen molar-refractivity contribution in [2.75, 3.05) is 33.4 Å². The molecule has 34 heavy (non-hydrogen) atoms. The first-order chi connectivity index (χ1) is 16.4. The van der Waals surface area contributed by atoms with Crippen LogP contribution in [0.25, 0.3) is 0 Å². The summed E-state index contributed by atoms with van der Waals surface area (Å²) in [6, 6.07) is 0.635. The fraction of sp³-hybridized carbons (Fsp3) is 0.935. The van der Waals surface area contributed by atoms with Crippen LogP contribution in [0.2, 0.25) is 0 Å². The Hall–Kier alpha value is -0.380. The van der Waals surface area contributed by atoms with Gasteiger partial charge in [-0.15, -0.1) is 0 Å². The van der Waals surface area contributed by atoms with E-state index < -0.39 is 0 Å². The van der Waals surface area contributed by atoms with Gasteiger partial charge in [-0.05, 0) is 119 Å². The fourth-order valence-corrected chi connectivity index (χ4v) is 10.2. The minimum atomic E-state index is 0.332. The standard InChI is InChI=1S/C31H51NO2/c1-21(2)16-22-11-13-30(3)23(17-22)7-8-28-27(30)10-9-26-25-19-33-20-31(26,28)14-12-29(25)34-18-24-6-5-15-32(24)4/h8,21-27,29H,5-7,9-20H2,1-4H3. The molecule has 3 heteroatoms. The van der Waals surface area contributed by atoms with Crippen LogP contribution in [0.15, 0.2) is 11.6 Å². The maximum absolute atomic E-state index is 6.71. The number of ether oxygens (including phenoxy) is 2. The van der Waals surface area contributed by atoms with Gasteiger partial charge in [0.05, 0.1) is 25.9 Å². The molecular weight excluding hydrogens is 418 g/mol. The monoisotopic (exact) mass is 469 g/mol. The second kappa shape index (κ2) is 9.18. The number of likely N-dealkylation sites (tertiary alicyclic amines) is 1. The van der Waals surface area contributed by atoms with E-state index in [-0.39, 0.29) is 0 Å². The zero-order valence-electron chi connectivity index (χ0n) is 22.6. The molecule has 9 atom stereocenters. The molecule has 4 aliphatic carbocycles. The highest BCUT2D eigenvalue weighted by molar-refractivity contribution is 5.31. The summed E-state index contributed by atoms with van der Waals surface area (Å²) in [5.74, 6) is 4.95. The summed E-state index contributed by atoms with van der Waals surface area (Å²) >= 11 is 0. The van der Waals surface area contributed by atoms with Crippen molar-refractivity contribution < 1.29 is 9.47 Å². The number of hydrogen-bond acceptors (Lipinski definition) is 3. The molecular formula is C31H51NO2. The van der Waals surface area contributed by atoms with Crippen molar-refractivity contribution in [1.29, 1.82) is 0 Å². The second-order valence-corrected chi connectivity index (χ2v) is 14.1. The van der Waals surface area contributed by atoms with Crippen molar-refractivity contribution in [2.24, 2.45) is 46.3 Å². The van der Waals surface area contributed by atoms with Crippen molar-refractivity contribution in [3.63, 3.8) is 0 Å². The van der Waals surface area contributed by atoms with Crippen LogP contribution in [0.1, 0.15) is 91.4 Å². The van der Waals surface area contributed by atoms with Gasteiger partial charge in [0, 0.05) is 17.4 Å². The van der Waals surface area contributed by atoms with Crippen LogP contribution < -0.4 is 0 Å². The van der Waals surface area contributed by atoms with E-state index in [1.165, 1.54) is 77.2 Å². The quantitative estimate of drug-likeness (QED) is 0.417. The second-order valence-electron chi connectivity index (χ2n) is 14.1. The summed E-state index contributed by atoms with van der Waals surface area (Å²) < 4.78 is 13.2. The van der Waals surface area contributed by atoms with Gasteiger partial charge < -0.3 is 14.4 Å². The lowest BCUT2D eigenvalue weighted by atomic mass is 9.43. The first-order valence-corrected chi connectivity index (χ1v) is 15.0. The summed E-state index contributed by atoms with van der Waals surface area (Å²) in [6.07, 6.45) is 18.4. The Kier molecular flexibility index (Phi) is 6.47. The van der Waals surface area contributed by atoms with E-state index >= 15 is 0 Å². The molecule has 6 aliphatic rings. The fourth-order valence-electron chi connectivity index (χ4n) is 10.2. The van der Waals surface area contributed by atoms with Crippen molar-refractivity contribution in [2.45, 2.75) is 104 Å². The lowest BCUT2D eigenvalue weighted by Crippen LogP contribution is -2.60. The molecule has 0 aromatic rings. The SMILES string of the molecule is CC(C)CC1CCC2(C)C(CC=C3C2CCC2C4COCC32CCC4OCC2CCCN2C)C1. The molecule has 2 aliphatic heterocycles. The third kappa shape index (κ3) is 3.86. The highest BCUT2D eigenvalue weighted by Crippen LogP contribution is 2.67. The maximum atomic E-state index is 6.71. The number of nitrogens with zero attached hydrogens (tertiary/aromatic N) is 1. The lowest BCUT2D eigenvalue weighted by Gasteiger charge is -2.64. The first kappa shape index (κ1) is 24.0. The molecule has 0 N–H and O–H groups in total. The van der Waals surface area contributed by atoms with E-state index in [0.29, 0.717) is 28.9 Å². The third-order valence-electron chi connectivity index (χ3n) is 12.0. The molecule has 0 amide bonds. The summed E-state index contributed by atoms with van der Waals surface area (Å²) in [5, 5.41) is 0. The minimum absolute atomic E-state index is 0.332. The molecule has 0 spiro atoms. The number of likely N-dealkylation sites (N-methyl/N-ethyl adjacent to an activating group) is 1. The largest absolute Gasteiger partial charge is 0.380 e. The number of hydrogen-bond donors (Lipinski definition) is 0. The maximum Gasteiger partial charge on any atom is 0.0629 e. The van der Waals surface area contributed by atoms with Crippen LogP contribution >= 0.6 is 0 Å². The smallest absolute Gasteiger partial charge is 0.0629 e. The van der Waals surface area contributed by atoms with E-state index in [1.807, 2.05) is 5.57 Å². The van der Waals surface area contributed by atoms with Crippen molar-refractivity contribution in [3.8, 4) is 0 Å². The Balaban J connectivity index is 1.19. The highest BCUT2D eigenvalue weighted by atomic mass is 16.5. The molecule has 192 valence electrons. The van der Waals surface area contributed by atoms with Crippen LogP contribution in [0.5, 0.6) is 0 Å². The van der Waals surface area contributed by atoms with Crippen molar-refractivity contribution in [1.82, 2.24) is 4.90 Å². The third-order valence-corrected chi connectivity index (χ3v) is 12.0. The molecule has 6 rings (SSSR count). The Labute approximate surface area is 209 Å². The van der Waals surface area contributed by atoms with Crippen molar-refractivity contribution in [3.05, 3.63) is 11.6 Å². The van der Waals surface area contributed by atoms with Gasteiger partial charge in [0.2, 0.25) is 0 Å². The molecule has 3 nitrogen and oxygen atoms in total. The Morgan fingerprint density at radius 2 is 2.03 bits per heavy atom. The van der Waals surface area contributed by atoms with E-state index in [0.717, 1.165) is 49.4 Å². The van der Waals surface area contributed by atoms with E-state index in [1.54, 1.807) is 0 Å². The van der Waals surface area contributed by atoms with Crippen molar-refractivity contribution >= 4 is 0 Å². The predicted octanol–water partition coefficient (Wildman–Crippen LogP) is 6.72. The summed E-state index contributed by atoms with van der Waals surface area (Å²) in [7, 11) is 2.28. The van der Waals surface area contributed by atoms with Gasteiger partial charge >= 0.3 is 0 Å². The van der Waals surface area contributed by atoms with Gasteiger partial charge in [-0.3, -0.25) is 0 Å². The van der Waals surface area contributed by atoms with Gasteiger partial charge in [-0.25, -0.2) is 0 Å². The van der Waals surface area contributed by atoms with Gasteiger partial charge in [0.15, 0.2) is 0 Å². The average Bonchev–Trinajstić information content (AvgIpc) is 3.22. The number of rotatable bonds is 5. The Bertz CT molecular complexity index is 777. The zero-order valence-corrected chi connectivity index (χ0v) is 22.6. The van der Waals surface area contributed by atoms with Crippen LogP contribution in [-0.2, 0) is 9.47 Å². The molecule has 0 radical (unpaired) electrons. The predicted molar refractivity (Wildman–Crippen MR) is 139 cm³/mol. The summed E-state index contributed by atoms with van der Waals surface area (Å²) in [4.78, 5) is 2.51. The summed E-state index contributed by atoms with van der Waals surface area (Å²) in [6.45, 7) is 11.6. The molecule has 9 unspecified atom stereocenters. The number of allylic oxidation sites excluding steroid dienone is 1. The highest BCUT2D eigenvalue weighted by Gasteiger charge is 2.61. The van der Waals surface area contributed by atoms with Crippen LogP contribution in [0.4, 0.5) is 0 Å². The van der Waals surface area contributed by atoms with Crippen LogP contribution in [0, 0.1) is 46.3 Å². The van der Waals surface area contributed by atoms with Crippen LogP contribution in [-0.4, -0.2) is 50.5 Å². The van der Waals surface area contributed by atoms with Gasteiger partial charge in [0.25, 0.3) is 0 Å². The zero-order chi connectivity index (χ0) is 23.5. The van der Waals surface area contributed by atoms with E-state index in [9.17, 15) is 0 Å². The van der Waals surface area contributed by atoms with Gasteiger partial charge in [0.1, 0.15) is 0 Å². The molecule has 2 saturated heterocycles. The summed E-state index contributed by atoms with van der Waals surface area (Å²) in [5.41, 5.74) is 2.73. The Morgan fingerprint density at radius 3 is 2.82 bits per heavy atom. The lowest BCUT2D eigenvalue weighted by molar-refractivity contribution is -0.184. The van der Waals surface area contributed by atoms with E-state index in [2.05, 4.69) is 38.8 Å². The average molecular weight is 470 g/mol. The Morgan fingerprint density at radius 1 is 1.15 bits per heavy atom. The minimum Gasteiger partial charge on any atom is -0.380 e. The molecule has 0 aromatic carbocycles. The topological polar surface area (TPSA) is 21.7 Å². The normalized spacial score (nSPS) is 48.7. The van der Waals surface area contributed by atoms with E-state index in [4.69, 9.17) is 9.47 Å². The molecule has 0 aromatic heterocycles.